The predicted octanol–water partition coefficient (Wildman–Crippen LogP) is 3.96. The van der Waals surface area contributed by atoms with E-state index >= 15 is 0 Å². The standard InChI is InChI=1S/C19H17FN4/c20-15-6-3-9-18(14(15)11-21)24-10-4-5-13(12-24)19-22-16-7-1-2-8-17(16)23-19/h1-3,6-9,13H,4-5,10,12H2,(H,22,23)/t13-/m1/s1. The highest BCUT2D eigenvalue weighted by Gasteiger charge is 2.26. The second-order valence-corrected chi connectivity index (χ2v) is 6.17. The zero-order valence-corrected chi connectivity index (χ0v) is 13.2. The number of aromatic amines is 1. The molecule has 5 heteroatoms. The summed E-state index contributed by atoms with van der Waals surface area (Å²) < 4.78 is 13.9. The van der Waals surface area contributed by atoms with Crippen molar-refractivity contribution in [1.82, 2.24) is 9.97 Å². The van der Waals surface area contributed by atoms with Gasteiger partial charge in [-0.05, 0) is 37.1 Å². The molecule has 1 N–H and O–H groups in total. The van der Waals surface area contributed by atoms with Crippen LogP contribution in [0.5, 0.6) is 0 Å². The van der Waals surface area contributed by atoms with E-state index in [1.165, 1.54) is 6.07 Å². The van der Waals surface area contributed by atoms with Gasteiger partial charge in [-0.2, -0.15) is 5.26 Å². The smallest absolute Gasteiger partial charge is 0.143 e. The highest BCUT2D eigenvalue weighted by molar-refractivity contribution is 5.74. The van der Waals surface area contributed by atoms with Gasteiger partial charge in [0, 0.05) is 19.0 Å². The first-order valence-electron chi connectivity index (χ1n) is 8.14. The topological polar surface area (TPSA) is 55.7 Å². The number of nitriles is 1. The van der Waals surface area contributed by atoms with Crippen LogP contribution < -0.4 is 4.90 Å². The summed E-state index contributed by atoms with van der Waals surface area (Å²) >= 11 is 0. The number of imidazole rings is 1. The minimum Gasteiger partial charge on any atom is -0.370 e. The number of hydrogen-bond donors (Lipinski definition) is 1. The molecule has 0 unspecified atom stereocenters. The fourth-order valence-electron chi connectivity index (χ4n) is 3.47. The van der Waals surface area contributed by atoms with Gasteiger partial charge >= 0.3 is 0 Å². The van der Waals surface area contributed by atoms with Gasteiger partial charge in [-0.1, -0.05) is 18.2 Å². The second-order valence-electron chi connectivity index (χ2n) is 6.17. The van der Waals surface area contributed by atoms with E-state index in [1.54, 1.807) is 6.07 Å². The zero-order valence-electron chi connectivity index (χ0n) is 13.2. The van der Waals surface area contributed by atoms with E-state index in [4.69, 9.17) is 4.98 Å². The summed E-state index contributed by atoms with van der Waals surface area (Å²) in [6, 6.07) is 14.8. The van der Waals surface area contributed by atoms with E-state index < -0.39 is 5.82 Å². The Balaban J connectivity index is 1.65. The summed E-state index contributed by atoms with van der Waals surface area (Å²) in [4.78, 5) is 10.2. The first-order valence-corrected chi connectivity index (χ1v) is 8.14. The Morgan fingerprint density at radius 1 is 1.21 bits per heavy atom. The van der Waals surface area contributed by atoms with Gasteiger partial charge in [-0.25, -0.2) is 9.37 Å². The predicted molar refractivity (Wildman–Crippen MR) is 91.4 cm³/mol. The Hall–Kier alpha value is -2.87. The van der Waals surface area contributed by atoms with Crippen molar-refractivity contribution in [3.8, 4) is 6.07 Å². The number of halogens is 1. The summed E-state index contributed by atoms with van der Waals surface area (Å²) in [5.74, 6) is 0.762. The van der Waals surface area contributed by atoms with Crippen LogP contribution in [0, 0.1) is 17.1 Å². The number of anilines is 1. The van der Waals surface area contributed by atoms with Gasteiger partial charge in [0.2, 0.25) is 0 Å². The van der Waals surface area contributed by atoms with Gasteiger partial charge in [0.25, 0.3) is 0 Å². The number of para-hydroxylation sites is 2. The molecule has 0 bridgehead atoms. The number of benzene rings is 2. The highest BCUT2D eigenvalue weighted by Crippen LogP contribution is 2.31. The molecule has 2 heterocycles. The average molecular weight is 320 g/mol. The Labute approximate surface area is 139 Å². The number of nitrogens with one attached hydrogen (secondary N) is 1. The molecule has 0 amide bonds. The molecule has 0 radical (unpaired) electrons. The summed E-state index contributed by atoms with van der Waals surface area (Å²) in [5, 5.41) is 9.27. The number of rotatable bonds is 2. The van der Waals surface area contributed by atoms with E-state index in [0.29, 0.717) is 5.69 Å². The molecule has 1 atom stereocenters. The first-order chi connectivity index (χ1) is 11.8. The summed E-state index contributed by atoms with van der Waals surface area (Å²) in [6.07, 6.45) is 2.02. The Morgan fingerprint density at radius 2 is 2.08 bits per heavy atom. The third-order valence-electron chi connectivity index (χ3n) is 4.66. The lowest BCUT2D eigenvalue weighted by Crippen LogP contribution is -2.35. The third-order valence-corrected chi connectivity index (χ3v) is 4.66. The van der Waals surface area contributed by atoms with Gasteiger partial charge in [-0.15, -0.1) is 0 Å². The lowest BCUT2D eigenvalue weighted by atomic mass is 9.96. The minimum absolute atomic E-state index is 0.128. The number of fused-ring (bicyclic) bond motifs is 1. The monoisotopic (exact) mass is 320 g/mol. The van der Waals surface area contributed by atoms with Crippen LogP contribution in [0.25, 0.3) is 11.0 Å². The van der Waals surface area contributed by atoms with E-state index in [1.807, 2.05) is 36.4 Å². The number of H-pyrrole nitrogens is 1. The summed E-state index contributed by atoms with van der Waals surface area (Å²) in [5.41, 5.74) is 2.81. The van der Waals surface area contributed by atoms with Crippen LogP contribution in [-0.4, -0.2) is 23.1 Å². The molecule has 3 aromatic rings. The molecule has 4 rings (SSSR count). The normalized spacial score (nSPS) is 17.8. The molecule has 0 aliphatic carbocycles. The maximum atomic E-state index is 13.9. The van der Waals surface area contributed by atoms with Crippen molar-refractivity contribution in [1.29, 1.82) is 5.26 Å². The fourth-order valence-corrected chi connectivity index (χ4v) is 3.47. The number of piperidine rings is 1. The van der Waals surface area contributed by atoms with Gasteiger partial charge in [-0.3, -0.25) is 0 Å². The lowest BCUT2D eigenvalue weighted by molar-refractivity contribution is 0.494. The van der Waals surface area contributed by atoms with Crippen LogP contribution >= 0.6 is 0 Å². The average Bonchev–Trinajstić information content (AvgIpc) is 3.06. The van der Waals surface area contributed by atoms with E-state index in [0.717, 1.165) is 42.8 Å². The maximum Gasteiger partial charge on any atom is 0.143 e. The molecule has 0 saturated carbocycles. The summed E-state index contributed by atoms with van der Waals surface area (Å²) in [6.45, 7) is 1.56. The molecular weight excluding hydrogens is 303 g/mol. The van der Waals surface area contributed by atoms with Gasteiger partial charge < -0.3 is 9.88 Å². The number of aromatic nitrogens is 2. The molecular formula is C19H17FN4. The van der Waals surface area contributed by atoms with Crippen molar-refractivity contribution in [3.63, 3.8) is 0 Å². The van der Waals surface area contributed by atoms with Gasteiger partial charge in [0.1, 0.15) is 23.3 Å². The number of hydrogen-bond acceptors (Lipinski definition) is 3. The van der Waals surface area contributed by atoms with E-state index in [2.05, 4.69) is 9.88 Å². The van der Waals surface area contributed by atoms with Crippen LogP contribution in [0.3, 0.4) is 0 Å². The maximum absolute atomic E-state index is 13.9. The Morgan fingerprint density at radius 3 is 2.92 bits per heavy atom. The molecule has 4 nitrogen and oxygen atoms in total. The molecule has 1 aliphatic heterocycles. The van der Waals surface area contributed by atoms with Crippen molar-refractivity contribution in [3.05, 3.63) is 59.7 Å². The molecule has 2 aromatic carbocycles. The summed E-state index contributed by atoms with van der Waals surface area (Å²) in [7, 11) is 0. The van der Waals surface area contributed by atoms with Crippen LogP contribution in [-0.2, 0) is 0 Å². The fraction of sp³-hybridized carbons (Fsp3) is 0.263. The van der Waals surface area contributed by atoms with Crippen LogP contribution in [0.4, 0.5) is 10.1 Å². The number of nitrogens with zero attached hydrogens (tertiary/aromatic N) is 3. The van der Waals surface area contributed by atoms with E-state index in [9.17, 15) is 9.65 Å². The van der Waals surface area contributed by atoms with Crippen LogP contribution in [0.15, 0.2) is 42.5 Å². The quantitative estimate of drug-likeness (QED) is 0.777. The lowest BCUT2D eigenvalue weighted by Gasteiger charge is -2.34. The SMILES string of the molecule is N#Cc1c(F)cccc1N1CCC[C@@H](c2nc3ccccc3[nH]2)C1. The van der Waals surface area contributed by atoms with E-state index in [-0.39, 0.29) is 11.5 Å². The van der Waals surface area contributed by atoms with Crippen LogP contribution in [0.2, 0.25) is 0 Å². The first kappa shape index (κ1) is 14.7. The second kappa shape index (κ2) is 5.97. The minimum atomic E-state index is -0.458. The molecule has 1 aromatic heterocycles. The molecule has 1 saturated heterocycles. The third kappa shape index (κ3) is 2.50. The van der Waals surface area contributed by atoms with Crippen LogP contribution in [0.1, 0.15) is 30.1 Å². The Kier molecular flexibility index (Phi) is 3.66. The van der Waals surface area contributed by atoms with Crippen molar-refractivity contribution < 1.29 is 4.39 Å². The van der Waals surface area contributed by atoms with Crippen molar-refractivity contribution >= 4 is 16.7 Å². The van der Waals surface area contributed by atoms with Crippen molar-refractivity contribution in [2.75, 3.05) is 18.0 Å². The van der Waals surface area contributed by atoms with Crippen molar-refractivity contribution in [2.45, 2.75) is 18.8 Å². The molecule has 0 spiro atoms. The molecule has 1 aliphatic rings. The van der Waals surface area contributed by atoms with Crippen molar-refractivity contribution in [2.24, 2.45) is 0 Å². The molecule has 24 heavy (non-hydrogen) atoms. The highest BCUT2D eigenvalue weighted by atomic mass is 19.1. The molecule has 120 valence electrons. The van der Waals surface area contributed by atoms with Gasteiger partial charge in [0.15, 0.2) is 0 Å². The Bertz CT molecular complexity index is 892. The van der Waals surface area contributed by atoms with Gasteiger partial charge in [0.05, 0.1) is 16.7 Å². The largest absolute Gasteiger partial charge is 0.370 e. The zero-order chi connectivity index (χ0) is 16.5. The molecule has 1 fully saturated rings.